The summed E-state index contributed by atoms with van der Waals surface area (Å²) < 4.78 is 10.5. The van der Waals surface area contributed by atoms with Crippen molar-refractivity contribution in [1.29, 1.82) is 0 Å². The molecule has 0 aliphatic carbocycles. The molecule has 1 aromatic heterocycles. The molecule has 396 valence electrons. The van der Waals surface area contributed by atoms with E-state index < -0.39 is 53.7 Å². The fourth-order valence-corrected chi connectivity index (χ4v) is 8.39. The molecular formula is C58H52ClN9O10. The van der Waals surface area contributed by atoms with Crippen molar-refractivity contribution in [2.24, 2.45) is 5.73 Å². The lowest BCUT2D eigenvalue weighted by molar-refractivity contribution is -0.143. The van der Waals surface area contributed by atoms with Crippen LogP contribution in [-0.4, -0.2) is 109 Å². The molecule has 0 saturated carbocycles. The Balaban J connectivity index is 0.000000184. The second-order valence-electron chi connectivity index (χ2n) is 17.3. The van der Waals surface area contributed by atoms with Crippen LogP contribution in [0.3, 0.4) is 0 Å². The summed E-state index contributed by atoms with van der Waals surface area (Å²) in [7, 11) is 2.57. The fraction of sp³-hybridized carbons (Fsp3) is 0.138. The molecule has 3 heterocycles. The summed E-state index contributed by atoms with van der Waals surface area (Å²) in [6.45, 7) is -0.0449. The van der Waals surface area contributed by atoms with E-state index in [2.05, 4.69) is 20.4 Å². The van der Waals surface area contributed by atoms with Gasteiger partial charge in [0.25, 0.3) is 23.6 Å². The third-order valence-electron chi connectivity index (χ3n) is 12.2. The lowest BCUT2D eigenvalue weighted by Gasteiger charge is -2.31. The maximum absolute atomic E-state index is 13.5. The highest BCUT2D eigenvalue weighted by Crippen LogP contribution is 2.28. The molecule has 0 spiro atoms. The minimum atomic E-state index is -1.02. The number of imide groups is 2. The Morgan fingerprint density at radius 3 is 1.32 bits per heavy atom. The molecule has 10 rings (SSSR count). The SMILES string of the molecule is COC(=O)C(Cc1ccccc1)NC(=O)N(Cc1ccccc1)N1C(=O)c2ccccc2C1=O.COC(=O)C(N)Cc1ccccc1.Cl.O=C1c2ccccc2C(=O)N1N(Cc1ccccc1)C(=O)n1nnc2ccccc21. The molecule has 0 radical (unpaired) electrons. The van der Waals surface area contributed by atoms with Gasteiger partial charge in [0.15, 0.2) is 0 Å². The van der Waals surface area contributed by atoms with Gasteiger partial charge >= 0.3 is 24.0 Å². The number of hydrogen-bond donors (Lipinski definition) is 2. The average Bonchev–Trinajstić information content (AvgIpc) is 4.10. The molecule has 2 aliphatic heterocycles. The summed E-state index contributed by atoms with van der Waals surface area (Å²) in [6.07, 6.45) is 0.702. The van der Waals surface area contributed by atoms with Crippen LogP contribution >= 0.6 is 12.4 Å². The number of nitrogens with one attached hydrogen (secondary N) is 1. The number of nitrogens with two attached hydrogens (primary N) is 1. The van der Waals surface area contributed by atoms with Gasteiger partial charge in [0.05, 0.1) is 55.1 Å². The largest absolute Gasteiger partial charge is 0.468 e. The van der Waals surface area contributed by atoms with Crippen LogP contribution in [0.4, 0.5) is 9.59 Å². The molecule has 0 bridgehead atoms. The van der Waals surface area contributed by atoms with Crippen LogP contribution < -0.4 is 11.1 Å². The topological polar surface area (TPSA) is 237 Å². The van der Waals surface area contributed by atoms with Gasteiger partial charge in [-0.3, -0.25) is 24.0 Å². The van der Waals surface area contributed by atoms with Gasteiger partial charge in [-0.25, -0.2) is 24.4 Å². The summed E-state index contributed by atoms with van der Waals surface area (Å²) in [5.41, 5.74) is 10.9. The maximum atomic E-state index is 13.5. The number of carbonyl (C=O) groups is 8. The molecule has 0 fully saturated rings. The van der Waals surface area contributed by atoms with Crippen LogP contribution in [0.1, 0.15) is 63.7 Å². The number of hydrazine groups is 2. The number of rotatable bonds is 13. The number of amides is 7. The quantitative estimate of drug-likeness (QED) is 0.0844. The Morgan fingerprint density at radius 1 is 0.500 bits per heavy atom. The summed E-state index contributed by atoms with van der Waals surface area (Å²) in [5.74, 6) is -3.33. The number of carbonyl (C=O) groups excluding carboxylic acids is 8. The van der Waals surface area contributed by atoms with Crippen molar-refractivity contribution in [3.63, 3.8) is 0 Å². The first kappa shape index (κ1) is 55.9. The van der Waals surface area contributed by atoms with Crippen LogP contribution in [0.25, 0.3) is 11.0 Å². The van der Waals surface area contributed by atoms with Crippen molar-refractivity contribution < 1.29 is 47.8 Å². The number of fused-ring (bicyclic) bond motifs is 3. The second kappa shape index (κ2) is 26.1. The van der Waals surface area contributed by atoms with E-state index in [4.69, 9.17) is 10.5 Å². The molecule has 2 atom stereocenters. The van der Waals surface area contributed by atoms with Gasteiger partial charge in [0.1, 0.15) is 17.6 Å². The van der Waals surface area contributed by atoms with Crippen molar-refractivity contribution in [2.75, 3.05) is 14.2 Å². The molecule has 7 amide bonds. The van der Waals surface area contributed by atoms with Gasteiger partial charge in [-0.2, -0.15) is 14.7 Å². The number of ether oxygens (including phenoxy) is 2. The molecular weight excluding hydrogens is 1020 g/mol. The Morgan fingerprint density at radius 2 is 0.872 bits per heavy atom. The van der Waals surface area contributed by atoms with E-state index in [-0.39, 0.29) is 60.1 Å². The number of aromatic nitrogens is 3. The van der Waals surface area contributed by atoms with Gasteiger partial charge in [-0.1, -0.05) is 163 Å². The molecule has 0 saturated heterocycles. The smallest absolute Gasteiger partial charge is 0.366 e. The number of methoxy groups -OCH3 is 2. The third kappa shape index (κ3) is 12.8. The molecule has 3 N–H and O–H groups in total. The Kier molecular flexibility index (Phi) is 18.7. The summed E-state index contributed by atoms with van der Waals surface area (Å²) in [4.78, 5) is 103. The maximum Gasteiger partial charge on any atom is 0.366 e. The standard InChI is InChI=1S/C26H23N3O5.C22H15N5O3.C10H13NO2.ClH/c1-34-25(32)22(16-18-10-4-2-5-11-18)27-26(33)28(17-19-12-6-3-7-13-19)29-23(30)20-14-8-9-15-21(20)24(29)31;28-20-16-10-4-5-11-17(16)21(29)27(20)25(14-15-8-2-1-3-9-15)22(30)26-19-13-7-6-12-18(19)23-24-26;1-13-10(12)9(11)7-8-5-3-2-4-6-8;/h2-15,22H,16-17H2,1H3,(H,27,33);1-13H,14H2;2-6,9H,7,11H2,1H3;1H. The van der Waals surface area contributed by atoms with Crippen LogP contribution in [-0.2, 0) is 45.0 Å². The average molecular weight is 1070 g/mol. The zero-order chi connectivity index (χ0) is 54.4. The van der Waals surface area contributed by atoms with Crippen molar-refractivity contribution in [3.05, 3.63) is 239 Å². The first-order valence-corrected chi connectivity index (χ1v) is 24.1. The van der Waals surface area contributed by atoms with Crippen molar-refractivity contribution >= 4 is 71.1 Å². The monoisotopic (exact) mass is 1070 g/mol. The van der Waals surface area contributed by atoms with E-state index in [1.807, 2.05) is 97.1 Å². The Labute approximate surface area is 454 Å². The van der Waals surface area contributed by atoms with E-state index in [0.717, 1.165) is 41.4 Å². The predicted molar refractivity (Wildman–Crippen MR) is 288 cm³/mol. The predicted octanol–water partition coefficient (Wildman–Crippen LogP) is 7.46. The van der Waals surface area contributed by atoms with Crippen LogP contribution in [0.5, 0.6) is 0 Å². The van der Waals surface area contributed by atoms with Gasteiger partial charge in [-0.15, -0.1) is 17.5 Å². The molecule has 8 aromatic rings. The van der Waals surface area contributed by atoms with Crippen molar-refractivity contribution in [3.8, 4) is 0 Å². The first-order valence-electron chi connectivity index (χ1n) is 24.1. The minimum Gasteiger partial charge on any atom is -0.468 e. The normalized spacial score (nSPS) is 12.8. The highest BCUT2D eigenvalue weighted by molar-refractivity contribution is 6.22. The van der Waals surface area contributed by atoms with E-state index in [1.165, 1.54) is 14.2 Å². The zero-order valence-corrected chi connectivity index (χ0v) is 43.0. The molecule has 2 unspecified atom stereocenters. The molecule has 7 aromatic carbocycles. The van der Waals surface area contributed by atoms with E-state index >= 15 is 0 Å². The lowest BCUT2D eigenvalue weighted by Crippen LogP contribution is -2.56. The van der Waals surface area contributed by atoms with E-state index in [9.17, 15) is 38.4 Å². The Bertz CT molecular complexity index is 3370. The summed E-state index contributed by atoms with van der Waals surface area (Å²) in [5, 5.41) is 14.5. The number of nitrogens with zero attached hydrogens (tertiary/aromatic N) is 7. The number of halogens is 1. The van der Waals surface area contributed by atoms with Crippen molar-refractivity contribution in [1.82, 2.24) is 40.3 Å². The number of para-hydroxylation sites is 1. The van der Waals surface area contributed by atoms with E-state index in [1.54, 1.807) is 97.1 Å². The van der Waals surface area contributed by atoms with Crippen LogP contribution in [0, 0.1) is 0 Å². The molecule has 2 aliphatic rings. The fourth-order valence-electron chi connectivity index (χ4n) is 8.39. The minimum absolute atomic E-state index is 0. The lowest BCUT2D eigenvalue weighted by atomic mass is 10.1. The highest BCUT2D eigenvalue weighted by Gasteiger charge is 2.43. The Hall–Kier alpha value is -9.85. The molecule has 78 heavy (non-hydrogen) atoms. The third-order valence-corrected chi connectivity index (χ3v) is 12.2. The summed E-state index contributed by atoms with van der Waals surface area (Å²) >= 11 is 0. The van der Waals surface area contributed by atoms with Gasteiger partial charge < -0.3 is 20.5 Å². The number of hydrogen-bond acceptors (Lipinski definition) is 13. The van der Waals surface area contributed by atoms with Gasteiger partial charge in [0.2, 0.25) is 0 Å². The first-order chi connectivity index (χ1) is 37.4. The number of urea groups is 1. The van der Waals surface area contributed by atoms with Gasteiger partial charge in [-0.05, 0) is 65.1 Å². The molecule has 19 nitrogen and oxygen atoms in total. The van der Waals surface area contributed by atoms with Gasteiger partial charge in [0, 0.05) is 6.42 Å². The number of benzene rings is 7. The molecule has 20 heteroatoms. The second-order valence-corrected chi connectivity index (χ2v) is 17.3. The van der Waals surface area contributed by atoms with Crippen molar-refractivity contribution in [2.45, 2.75) is 38.0 Å². The van der Waals surface area contributed by atoms with E-state index in [0.29, 0.717) is 23.0 Å². The zero-order valence-electron chi connectivity index (χ0n) is 42.2. The highest BCUT2D eigenvalue weighted by atomic mass is 35.5. The summed E-state index contributed by atoms with van der Waals surface area (Å²) in [6, 6.07) is 53.8. The van der Waals surface area contributed by atoms with Crippen LogP contribution in [0.15, 0.2) is 194 Å². The number of esters is 2. The van der Waals surface area contributed by atoms with Crippen LogP contribution in [0.2, 0.25) is 0 Å².